The Morgan fingerprint density at radius 3 is 2.30 bits per heavy atom. The second-order valence-electron chi connectivity index (χ2n) is 8.12. The molecular formula is C22H27ClN2O3S2. The molecule has 1 aliphatic carbocycles. The number of halogens is 1. The van der Waals surface area contributed by atoms with Crippen LogP contribution in [-0.4, -0.2) is 61.6 Å². The van der Waals surface area contributed by atoms with Crippen molar-refractivity contribution in [2.24, 2.45) is 0 Å². The zero-order chi connectivity index (χ0) is 21.2. The van der Waals surface area contributed by atoms with E-state index in [1.165, 1.54) is 17.0 Å². The fourth-order valence-electron chi connectivity index (χ4n) is 4.57. The Hall–Kier alpha value is -1.41. The van der Waals surface area contributed by atoms with Gasteiger partial charge in [-0.2, -0.15) is 0 Å². The number of nitrogens with zero attached hydrogens (tertiary/aromatic N) is 2. The van der Waals surface area contributed by atoms with Crippen LogP contribution in [0.2, 0.25) is 5.02 Å². The van der Waals surface area contributed by atoms with Crippen molar-refractivity contribution in [3.8, 4) is 0 Å². The monoisotopic (exact) mass is 466 g/mol. The van der Waals surface area contributed by atoms with E-state index in [0.717, 1.165) is 38.9 Å². The second kappa shape index (κ2) is 8.99. The fourth-order valence-corrected chi connectivity index (χ4v) is 7.52. The van der Waals surface area contributed by atoms with Gasteiger partial charge in [-0.15, -0.1) is 11.3 Å². The Morgan fingerprint density at radius 1 is 1.03 bits per heavy atom. The molecule has 4 rings (SSSR count). The molecule has 0 bridgehead atoms. The predicted molar refractivity (Wildman–Crippen MR) is 121 cm³/mol. The summed E-state index contributed by atoms with van der Waals surface area (Å²) in [6, 6.07) is 10.4. The van der Waals surface area contributed by atoms with Gasteiger partial charge in [0.05, 0.1) is 4.90 Å². The minimum absolute atomic E-state index is 0.191. The summed E-state index contributed by atoms with van der Waals surface area (Å²) in [5, 5.41) is 2.58. The molecule has 1 aromatic heterocycles. The highest BCUT2D eigenvalue weighted by molar-refractivity contribution is 7.93. The molecule has 0 unspecified atom stereocenters. The first-order chi connectivity index (χ1) is 14.4. The van der Waals surface area contributed by atoms with Crippen molar-refractivity contribution < 1.29 is 13.2 Å². The Kier molecular flexibility index (Phi) is 6.53. The maximum atomic E-state index is 13.6. The lowest BCUT2D eigenvalue weighted by molar-refractivity contribution is -0.135. The highest BCUT2D eigenvalue weighted by Gasteiger charge is 2.54. The van der Waals surface area contributed by atoms with Crippen LogP contribution in [0.4, 0.5) is 0 Å². The summed E-state index contributed by atoms with van der Waals surface area (Å²) >= 11 is 7.71. The van der Waals surface area contributed by atoms with E-state index >= 15 is 0 Å². The molecule has 2 aromatic rings. The summed E-state index contributed by atoms with van der Waals surface area (Å²) in [4.78, 5) is 19.3. The molecule has 2 aliphatic rings. The Labute approximate surface area is 187 Å². The molecule has 2 fully saturated rings. The molecule has 2 heterocycles. The third-order valence-corrected chi connectivity index (χ3v) is 10.0. The van der Waals surface area contributed by atoms with Gasteiger partial charge >= 0.3 is 0 Å². The van der Waals surface area contributed by atoms with E-state index in [-0.39, 0.29) is 10.8 Å². The molecule has 0 radical (unpaired) electrons. The van der Waals surface area contributed by atoms with Crippen LogP contribution in [0.25, 0.3) is 0 Å². The van der Waals surface area contributed by atoms with Crippen LogP contribution < -0.4 is 0 Å². The van der Waals surface area contributed by atoms with Gasteiger partial charge in [0, 0.05) is 42.6 Å². The van der Waals surface area contributed by atoms with E-state index in [1.54, 1.807) is 28.4 Å². The summed E-state index contributed by atoms with van der Waals surface area (Å²) in [7, 11) is -3.78. The Morgan fingerprint density at radius 2 is 1.70 bits per heavy atom. The van der Waals surface area contributed by atoms with E-state index in [1.807, 2.05) is 0 Å². The van der Waals surface area contributed by atoms with Crippen molar-refractivity contribution in [2.75, 3.05) is 32.7 Å². The zero-order valence-electron chi connectivity index (χ0n) is 16.9. The van der Waals surface area contributed by atoms with Gasteiger partial charge in [-0.1, -0.05) is 30.5 Å². The first kappa shape index (κ1) is 21.8. The maximum absolute atomic E-state index is 13.6. The second-order valence-corrected chi connectivity index (χ2v) is 11.9. The van der Waals surface area contributed by atoms with Crippen LogP contribution in [0.15, 0.2) is 46.7 Å². The molecule has 1 aliphatic heterocycles. The molecule has 162 valence electrons. The molecule has 8 heteroatoms. The quantitative estimate of drug-likeness (QED) is 0.648. The molecule has 5 nitrogen and oxygen atoms in total. The summed E-state index contributed by atoms with van der Waals surface area (Å²) in [6.45, 7) is 3.71. The molecule has 0 spiro atoms. The molecular weight excluding hydrogens is 440 g/mol. The normalized spacial score (nSPS) is 19.8. The van der Waals surface area contributed by atoms with E-state index in [0.29, 0.717) is 31.0 Å². The summed E-state index contributed by atoms with van der Waals surface area (Å²) in [5.41, 5.74) is 0. The Balaban J connectivity index is 1.46. The minimum atomic E-state index is -3.78. The van der Waals surface area contributed by atoms with Gasteiger partial charge in [0.1, 0.15) is 0 Å². The third-order valence-electron chi connectivity index (χ3n) is 6.35. The number of carbonyl (C=O) groups is 1. The number of hydrogen-bond donors (Lipinski definition) is 0. The smallest absolute Gasteiger partial charge is 0.244 e. The van der Waals surface area contributed by atoms with Crippen LogP contribution in [0.1, 0.15) is 30.6 Å². The van der Waals surface area contributed by atoms with Gasteiger partial charge in [0.25, 0.3) is 0 Å². The van der Waals surface area contributed by atoms with E-state index in [2.05, 4.69) is 22.4 Å². The highest BCUT2D eigenvalue weighted by atomic mass is 35.5. The number of carbonyl (C=O) groups excluding carboxylic acids is 1. The summed E-state index contributed by atoms with van der Waals surface area (Å²) < 4.78 is 25.8. The number of rotatable bonds is 6. The molecule has 1 amide bonds. The SMILES string of the molecule is O=C(N1CCN(CCc2cccs2)CC1)C1(S(=O)(=O)c2ccc(Cl)cc2)CCCC1. The van der Waals surface area contributed by atoms with Gasteiger partial charge in [-0.05, 0) is 55.0 Å². The molecule has 30 heavy (non-hydrogen) atoms. The number of amides is 1. The van der Waals surface area contributed by atoms with Gasteiger partial charge in [-0.25, -0.2) is 8.42 Å². The first-order valence-corrected chi connectivity index (χ1v) is 13.2. The largest absolute Gasteiger partial charge is 0.339 e. The van der Waals surface area contributed by atoms with Crippen LogP contribution in [0, 0.1) is 0 Å². The van der Waals surface area contributed by atoms with Crippen LogP contribution in [-0.2, 0) is 21.1 Å². The lowest BCUT2D eigenvalue weighted by Gasteiger charge is -2.39. The van der Waals surface area contributed by atoms with Crippen LogP contribution >= 0.6 is 22.9 Å². The summed E-state index contributed by atoms with van der Waals surface area (Å²) in [5.74, 6) is -0.215. The van der Waals surface area contributed by atoms with E-state index in [4.69, 9.17) is 11.6 Å². The molecule has 1 saturated carbocycles. The average Bonchev–Trinajstić information content (AvgIpc) is 3.45. The molecule has 1 aromatic carbocycles. The highest BCUT2D eigenvalue weighted by Crippen LogP contribution is 2.42. The minimum Gasteiger partial charge on any atom is -0.339 e. The van der Waals surface area contributed by atoms with Crippen molar-refractivity contribution in [1.29, 1.82) is 0 Å². The van der Waals surface area contributed by atoms with Crippen LogP contribution in [0.3, 0.4) is 0 Å². The van der Waals surface area contributed by atoms with E-state index in [9.17, 15) is 13.2 Å². The topological polar surface area (TPSA) is 57.7 Å². The van der Waals surface area contributed by atoms with Gasteiger partial charge in [-0.3, -0.25) is 9.69 Å². The van der Waals surface area contributed by atoms with Crippen molar-refractivity contribution >= 4 is 38.7 Å². The van der Waals surface area contributed by atoms with E-state index < -0.39 is 14.6 Å². The van der Waals surface area contributed by atoms with Crippen molar-refractivity contribution in [2.45, 2.75) is 41.7 Å². The third kappa shape index (κ3) is 4.17. The van der Waals surface area contributed by atoms with Gasteiger partial charge in [0.15, 0.2) is 14.6 Å². The lowest BCUT2D eigenvalue weighted by atomic mass is 10.0. The van der Waals surface area contributed by atoms with Crippen molar-refractivity contribution in [3.63, 3.8) is 0 Å². The standard InChI is InChI=1S/C22H27ClN2O3S2/c23-18-5-7-20(8-6-18)30(27,28)22(10-1-2-11-22)21(26)25-15-13-24(14-16-25)12-9-19-4-3-17-29-19/h3-8,17H,1-2,9-16H2. The predicted octanol–water partition coefficient (Wildman–Crippen LogP) is 3.87. The number of piperazine rings is 1. The summed E-state index contributed by atoms with van der Waals surface area (Å²) in [6.07, 6.45) is 3.34. The number of sulfone groups is 1. The Bertz CT molecular complexity index is 960. The molecule has 0 atom stereocenters. The van der Waals surface area contributed by atoms with Crippen molar-refractivity contribution in [1.82, 2.24) is 9.80 Å². The van der Waals surface area contributed by atoms with Gasteiger partial charge in [0.2, 0.25) is 5.91 Å². The molecule has 1 saturated heterocycles. The number of benzene rings is 1. The zero-order valence-corrected chi connectivity index (χ0v) is 19.3. The average molecular weight is 467 g/mol. The number of hydrogen-bond acceptors (Lipinski definition) is 5. The molecule has 0 N–H and O–H groups in total. The van der Waals surface area contributed by atoms with Crippen LogP contribution in [0.5, 0.6) is 0 Å². The number of thiophene rings is 1. The fraction of sp³-hybridized carbons (Fsp3) is 0.500. The first-order valence-electron chi connectivity index (χ1n) is 10.5. The van der Waals surface area contributed by atoms with Gasteiger partial charge < -0.3 is 4.90 Å². The maximum Gasteiger partial charge on any atom is 0.244 e. The van der Waals surface area contributed by atoms with Crippen molar-refractivity contribution in [3.05, 3.63) is 51.7 Å². The lowest BCUT2D eigenvalue weighted by Crippen LogP contribution is -2.57.